The Balaban J connectivity index is 0.00000392. The summed E-state index contributed by atoms with van der Waals surface area (Å²) in [6.07, 6.45) is -0.692. The number of aliphatic hydroxyl groups is 1. The van der Waals surface area contributed by atoms with Gasteiger partial charge < -0.3 is 24.8 Å². The van der Waals surface area contributed by atoms with Gasteiger partial charge in [0.2, 0.25) is 0 Å². The molecule has 2 N–H and O–H groups in total. The van der Waals surface area contributed by atoms with E-state index in [4.69, 9.17) is 9.47 Å². The number of nitrogens with zero attached hydrogens (tertiary/aromatic N) is 2. The summed E-state index contributed by atoms with van der Waals surface area (Å²) in [5.41, 5.74) is 1.93. The second-order valence-electron chi connectivity index (χ2n) is 6.19. The van der Waals surface area contributed by atoms with Crippen LogP contribution in [0.2, 0.25) is 0 Å². The Morgan fingerprint density at radius 3 is 2.39 bits per heavy atom. The number of aliphatic imine (C=N–C) groups is 1. The summed E-state index contributed by atoms with van der Waals surface area (Å²) in [6, 6.07) is 15.4. The van der Waals surface area contributed by atoms with Gasteiger partial charge in [-0.15, -0.1) is 24.0 Å². The molecule has 1 atom stereocenters. The Morgan fingerprint density at radius 2 is 1.79 bits per heavy atom. The van der Waals surface area contributed by atoms with E-state index in [-0.39, 0.29) is 30.5 Å². The van der Waals surface area contributed by atoms with E-state index < -0.39 is 6.10 Å². The average Bonchev–Trinajstić information content (AvgIpc) is 2.71. The fourth-order valence-corrected chi connectivity index (χ4v) is 2.68. The quantitative estimate of drug-likeness (QED) is 0.331. The van der Waals surface area contributed by atoms with Gasteiger partial charge in [-0.2, -0.15) is 0 Å². The molecule has 0 aromatic heterocycles. The third-order valence-electron chi connectivity index (χ3n) is 4.17. The number of hydrogen-bond acceptors (Lipinski definition) is 4. The van der Waals surface area contributed by atoms with Gasteiger partial charge in [-0.05, 0) is 42.3 Å². The van der Waals surface area contributed by atoms with Gasteiger partial charge in [-0.25, -0.2) is 0 Å². The third-order valence-corrected chi connectivity index (χ3v) is 4.17. The molecule has 2 aromatic carbocycles. The fraction of sp³-hybridized carbons (Fsp3) is 0.381. The van der Waals surface area contributed by atoms with Crippen LogP contribution in [0.3, 0.4) is 0 Å². The van der Waals surface area contributed by atoms with E-state index in [1.54, 1.807) is 14.2 Å². The molecule has 0 saturated carbocycles. The minimum absolute atomic E-state index is 0. The van der Waals surface area contributed by atoms with Gasteiger partial charge in [0.15, 0.2) is 5.96 Å². The van der Waals surface area contributed by atoms with Crippen LogP contribution >= 0.6 is 24.0 Å². The van der Waals surface area contributed by atoms with Crippen molar-refractivity contribution in [2.45, 2.75) is 19.6 Å². The Hall–Kier alpha value is -2.00. The first kappa shape index (κ1) is 24.0. The van der Waals surface area contributed by atoms with Crippen molar-refractivity contribution < 1.29 is 14.6 Å². The Morgan fingerprint density at radius 1 is 1.11 bits per heavy atom. The topological polar surface area (TPSA) is 66.3 Å². The molecule has 1 unspecified atom stereocenters. The van der Waals surface area contributed by atoms with Crippen LogP contribution in [0.4, 0.5) is 0 Å². The number of rotatable bonds is 8. The Bertz CT molecular complexity index is 738. The highest BCUT2D eigenvalue weighted by molar-refractivity contribution is 14.0. The van der Waals surface area contributed by atoms with Crippen LogP contribution in [-0.2, 0) is 6.54 Å². The minimum Gasteiger partial charge on any atom is -0.497 e. The zero-order valence-electron chi connectivity index (χ0n) is 16.9. The van der Waals surface area contributed by atoms with E-state index >= 15 is 0 Å². The molecule has 0 saturated heterocycles. The normalized spacial score (nSPS) is 12.0. The molecule has 0 amide bonds. The van der Waals surface area contributed by atoms with Crippen LogP contribution in [0.5, 0.6) is 11.5 Å². The van der Waals surface area contributed by atoms with E-state index in [0.717, 1.165) is 35.1 Å². The van der Waals surface area contributed by atoms with Crippen molar-refractivity contribution in [3.8, 4) is 11.5 Å². The zero-order chi connectivity index (χ0) is 19.6. The van der Waals surface area contributed by atoms with Crippen molar-refractivity contribution in [2.75, 3.05) is 34.4 Å². The van der Waals surface area contributed by atoms with Gasteiger partial charge in [0, 0.05) is 20.1 Å². The predicted molar refractivity (Wildman–Crippen MR) is 124 cm³/mol. The molecule has 0 aliphatic rings. The highest BCUT2D eigenvalue weighted by atomic mass is 127. The molecule has 6 nitrogen and oxygen atoms in total. The molecule has 0 heterocycles. The van der Waals surface area contributed by atoms with Crippen molar-refractivity contribution >= 4 is 29.9 Å². The van der Waals surface area contributed by atoms with Crippen molar-refractivity contribution in [2.24, 2.45) is 4.99 Å². The number of methoxy groups -OCH3 is 2. The van der Waals surface area contributed by atoms with E-state index in [1.807, 2.05) is 67.4 Å². The summed E-state index contributed by atoms with van der Waals surface area (Å²) in [5.74, 6) is 2.30. The van der Waals surface area contributed by atoms with Crippen LogP contribution < -0.4 is 14.8 Å². The van der Waals surface area contributed by atoms with Crippen molar-refractivity contribution in [1.82, 2.24) is 10.2 Å². The largest absolute Gasteiger partial charge is 0.497 e. The highest BCUT2D eigenvalue weighted by Crippen LogP contribution is 2.19. The summed E-state index contributed by atoms with van der Waals surface area (Å²) < 4.78 is 10.4. The number of hydrogen-bond donors (Lipinski definition) is 2. The maximum Gasteiger partial charge on any atom is 0.194 e. The van der Waals surface area contributed by atoms with E-state index in [0.29, 0.717) is 6.54 Å². The maximum absolute atomic E-state index is 10.5. The minimum atomic E-state index is -0.692. The third kappa shape index (κ3) is 7.20. The molecule has 28 heavy (non-hydrogen) atoms. The van der Waals surface area contributed by atoms with Crippen LogP contribution in [0.15, 0.2) is 53.5 Å². The molecule has 0 radical (unpaired) electrons. The van der Waals surface area contributed by atoms with Gasteiger partial charge in [-0.3, -0.25) is 4.99 Å². The predicted octanol–water partition coefficient (Wildman–Crippen LogP) is 3.45. The Kier molecular flexibility index (Phi) is 10.7. The lowest BCUT2D eigenvalue weighted by molar-refractivity contribution is 0.186. The molecular weight excluding hydrogens is 469 g/mol. The van der Waals surface area contributed by atoms with Crippen molar-refractivity contribution in [3.05, 3.63) is 59.7 Å². The molecule has 0 aliphatic carbocycles. The van der Waals surface area contributed by atoms with Gasteiger partial charge in [-0.1, -0.05) is 24.3 Å². The number of ether oxygens (including phenoxy) is 2. The standard InChI is InChI=1S/C21H29N3O3.HI/c1-5-22-21(24(2)15-16-9-11-18(26-3)12-10-16)23-14-20(25)17-7-6-8-19(13-17)27-4;/h6-13,20,25H,5,14-15H2,1-4H3,(H,22,23);1H. The van der Waals surface area contributed by atoms with E-state index in [9.17, 15) is 5.11 Å². The second-order valence-corrected chi connectivity index (χ2v) is 6.19. The van der Waals surface area contributed by atoms with Crippen molar-refractivity contribution in [1.29, 1.82) is 0 Å². The first-order valence-electron chi connectivity index (χ1n) is 9.01. The maximum atomic E-state index is 10.5. The molecule has 0 aliphatic heterocycles. The summed E-state index contributed by atoms with van der Waals surface area (Å²) in [7, 11) is 5.25. The molecule has 2 rings (SSSR count). The lowest BCUT2D eigenvalue weighted by atomic mass is 10.1. The summed E-state index contributed by atoms with van der Waals surface area (Å²) >= 11 is 0. The lowest BCUT2D eigenvalue weighted by Crippen LogP contribution is -2.38. The number of aliphatic hydroxyl groups excluding tert-OH is 1. The molecule has 0 spiro atoms. The van der Waals surface area contributed by atoms with Crippen LogP contribution in [-0.4, -0.2) is 50.3 Å². The van der Waals surface area contributed by atoms with Crippen molar-refractivity contribution in [3.63, 3.8) is 0 Å². The molecular formula is C21H30IN3O3. The van der Waals surface area contributed by atoms with Gasteiger partial charge in [0.25, 0.3) is 0 Å². The Labute approximate surface area is 184 Å². The lowest BCUT2D eigenvalue weighted by Gasteiger charge is -2.23. The van der Waals surface area contributed by atoms with Gasteiger partial charge in [0.05, 0.1) is 26.9 Å². The number of benzene rings is 2. The summed E-state index contributed by atoms with van der Waals surface area (Å²) in [4.78, 5) is 6.62. The average molecular weight is 499 g/mol. The summed E-state index contributed by atoms with van der Waals surface area (Å²) in [6.45, 7) is 3.74. The van der Waals surface area contributed by atoms with Crippen LogP contribution in [0, 0.1) is 0 Å². The van der Waals surface area contributed by atoms with Crippen LogP contribution in [0.25, 0.3) is 0 Å². The van der Waals surface area contributed by atoms with E-state index in [1.165, 1.54) is 0 Å². The molecule has 0 bridgehead atoms. The highest BCUT2D eigenvalue weighted by Gasteiger charge is 2.11. The fourth-order valence-electron chi connectivity index (χ4n) is 2.68. The zero-order valence-corrected chi connectivity index (χ0v) is 19.2. The summed E-state index contributed by atoms with van der Waals surface area (Å²) in [5, 5.41) is 13.7. The first-order valence-corrected chi connectivity index (χ1v) is 9.01. The smallest absolute Gasteiger partial charge is 0.194 e. The molecule has 154 valence electrons. The monoisotopic (exact) mass is 499 g/mol. The molecule has 2 aromatic rings. The molecule has 0 fully saturated rings. The van der Waals surface area contributed by atoms with Gasteiger partial charge in [0.1, 0.15) is 11.5 Å². The molecule has 7 heteroatoms. The van der Waals surface area contributed by atoms with E-state index in [2.05, 4.69) is 10.3 Å². The number of guanidine groups is 1. The number of nitrogens with one attached hydrogen (secondary N) is 1. The first-order chi connectivity index (χ1) is 13.1. The van der Waals surface area contributed by atoms with Crippen LogP contribution in [0.1, 0.15) is 24.2 Å². The second kappa shape index (κ2) is 12.5. The number of halogens is 1. The van der Waals surface area contributed by atoms with Gasteiger partial charge >= 0.3 is 0 Å². The SMILES string of the molecule is CCNC(=NCC(O)c1cccc(OC)c1)N(C)Cc1ccc(OC)cc1.I.